The number of carbonyl (C=O) groups excluding carboxylic acids is 1. The molecule has 118 valence electrons. The van der Waals surface area contributed by atoms with Gasteiger partial charge in [0.25, 0.3) is 11.6 Å². The summed E-state index contributed by atoms with van der Waals surface area (Å²) in [7, 11) is 0. The van der Waals surface area contributed by atoms with Crippen LogP contribution in [0.4, 0.5) is 5.69 Å². The molecule has 8 heteroatoms. The minimum Gasteiger partial charge on any atom is -0.376 e. The molecule has 7 nitrogen and oxygen atoms in total. The zero-order valence-electron chi connectivity index (χ0n) is 12.1. The van der Waals surface area contributed by atoms with Gasteiger partial charge in [0.1, 0.15) is 0 Å². The number of nitro benzene ring substituents is 1. The average Bonchev–Trinajstić information content (AvgIpc) is 2.98. The summed E-state index contributed by atoms with van der Waals surface area (Å²) < 4.78 is 5.44. The highest BCUT2D eigenvalue weighted by Crippen LogP contribution is 2.20. The molecule has 1 saturated heterocycles. The molecule has 1 unspecified atom stereocenters. The van der Waals surface area contributed by atoms with Crippen LogP contribution in [0, 0.1) is 17.0 Å². The number of carbonyl (C=O) groups is 1. The molecule has 1 heterocycles. The van der Waals surface area contributed by atoms with Gasteiger partial charge in [-0.1, -0.05) is 6.07 Å². The molecule has 1 amide bonds. The van der Waals surface area contributed by atoms with Crippen LogP contribution in [0.2, 0.25) is 0 Å². The number of nitrogens with zero attached hydrogens (tertiary/aromatic N) is 1. The van der Waals surface area contributed by atoms with Crippen molar-refractivity contribution in [2.45, 2.75) is 25.9 Å². The first kappa shape index (κ1) is 16.3. The average molecular weight is 323 g/mol. The first-order valence-corrected chi connectivity index (χ1v) is 7.34. The molecule has 22 heavy (non-hydrogen) atoms. The van der Waals surface area contributed by atoms with Gasteiger partial charge in [-0.05, 0) is 38.0 Å². The quantitative estimate of drug-likeness (QED) is 0.497. The number of benzene rings is 1. The van der Waals surface area contributed by atoms with E-state index < -0.39 is 10.8 Å². The van der Waals surface area contributed by atoms with Gasteiger partial charge in [0.2, 0.25) is 0 Å². The van der Waals surface area contributed by atoms with Gasteiger partial charge in [0, 0.05) is 30.3 Å². The molecule has 1 aromatic rings. The largest absolute Gasteiger partial charge is 0.376 e. The van der Waals surface area contributed by atoms with Crippen molar-refractivity contribution in [3.63, 3.8) is 0 Å². The molecule has 1 atom stereocenters. The van der Waals surface area contributed by atoms with Crippen molar-refractivity contribution in [1.29, 1.82) is 0 Å². The zero-order valence-corrected chi connectivity index (χ0v) is 12.9. The second kappa shape index (κ2) is 7.28. The molecule has 1 aromatic carbocycles. The van der Waals surface area contributed by atoms with Crippen LogP contribution < -0.4 is 10.6 Å². The van der Waals surface area contributed by atoms with E-state index in [0.717, 1.165) is 19.4 Å². The highest BCUT2D eigenvalue weighted by atomic mass is 32.1. The third-order valence-electron chi connectivity index (χ3n) is 3.49. The second-order valence-corrected chi connectivity index (χ2v) is 5.41. The van der Waals surface area contributed by atoms with E-state index in [9.17, 15) is 14.9 Å². The number of rotatable bonds is 4. The predicted octanol–water partition coefficient (Wildman–Crippen LogP) is 1.69. The van der Waals surface area contributed by atoms with Crippen LogP contribution in [-0.4, -0.2) is 35.2 Å². The first-order valence-electron chi connectivity index (χ1n) is 6.94. The fraction of sp³-hybridized carbons (Fsp3) is 0.429. The third-order valence-corrected chi connectivity index (χ3v) is 3.73. The lowest BCUT2D eigenvalue weighted by Crippen LogP contribution is -2.42. The molecule has 2 rings (SSSR count). The molecule has 0 aromatic heterocycles. The van der Waals surface area contributed by atoms with Gasteiger partial charge in [-0.15, -0.1) is 0 Å². The molecule has 0 aliphatic carbocycles. The summed E-state index contributed by atoms with van der Waals surface area (Å²) in [6, 6.07) is 4.36. The molecule has 0 saturated carbocycles. The van der Waals surface area contributed by atoms with Gasteiger partial charge in [0.05, 0.1) is 11.0 Å². The van der Waals surface area contributed by atoms with Gasteiger partial charge in [0.15, 0.2) is 5.11 Å². The summed E-state index contributed by atoms with van der Waals surface area (Å²) >= 11 is 5.06. The molecule has 1 aliphatic heterocycles. The van der Waals surface area contributed by atoms with Crippen LogP contribution in [-0.2, 0) is 4.74 Å². The van der Waals surface area contributed by atoms with Gasteiger partial charge in [-0.2, -0.15) is 0 Å². The predicted molar refractivity (Wildman–Crippen MR) is 84.9 cm³/mol. The normalized spacial score (nSPS) is 17.0. The van der Waals surface area contributed by atoms with Crippen molar-refractivity contribution < 1.29 is 14.5 Å². The number of hydrogen-bond donors (Lipinski definition) is 2. The van der Waals surface area contributed by atoms with Crippen LogP contribution in [0.3, 0.4) is 0 Å². The van der Waals surface area contributed by atoms with E-state index in [4.69, 9.17) is 17.0 Å². The Hall–Kier alpha value is -2.06. The van der Waals surface area contributed by atoms with Gasteiger partial charge < -0.3 is 10.1 Å². The highest BCUT2D eigenvalue weighted by molar-refractivity contribution is 7.80. The molecule has 0 bridgehead atoms. The van der Waals surface area contributed by atoms with Crippen molar-refractivity contribution in [1.82, 2.24) is 10.6 Å². The lowest BCUT2D eigenvalue weighted by atomic mass is 10.1. The first-order chi connectivity index (χ1) is 10.5. The summed E-state index contributed by atoms with van der Waals surface area (Å²) in [5.74, 6) is -0.467. The van der Waals surface area contributed by atoms with E-state index in [2.05, 4.69) is 10.6 Å². The number of nitrogens with one attached hydrogen (secondary N) is 2. The molecule has 0 radical (unpaired) electrons. The van der Waals surface area contributed by atoms with Crippen LogP contribution in [0.5, 0.6) is 0 Å². The summed E-state index contributed by atoms with van der Waals surface area (Å²) in [5, 5.41) is 16.5. The monoisotopic (exact) mass is 323 g/mol. The maximum absolute atomic E-state index is 12.2. The van der Waals surface area contributed by atoms with Crippen molar-refractivity contribution in [3.8, 4) is 0 Å². The summed E-state index contributed by atoms with van der Waals surface area (Å²) in [4.78, 5) is 22.5. The molecule has 0 spiro atoms. The molecule has 2 N–H and O–H groups in total. The number of nitro groups is 1. The summed E-state index contributed by atoms with van der Waals surface area (Å²) in [6.07, 6.45) is 2.10. The number of amides is 1. The zero-order chi connectivity index (χ0) is 16.1. The maximum Gasteiger partial charge on any atom is 0.273 e. The minimum atomic E-state index is -0.514. The van der Waals surface area contributed by atoms with E-state index in [1.165, 1.54) is 25.1 Å². The smallest absolute Gasteiger partial charge is 0.273 e. The Morgan fingerprint density at radius 2 is 2.32 bits per heavy atom. The van der Waals surface area contributed by atoms with Crippen LogP contribution in [0.25, 0.3) is 0 Å². The van der Waals surface area contributed by atoms with E-state index >= 15 is 0 Å². The SMILES string of the molecule is Cc1c(C(=O)NC(=S)NCC2CCCO2)cccc1[N+](=O)[O-]. The van der Waals surface area contributed by atoms with Gasteiger partial charge >= 0.3 is 0 Å². The van der Waals surface area contributed by atoms with Crippen molar-refractivity contribution in [2.75, 3.05) is 13.2 Å². The minimum absolute atomic E-state index is 0.0918. The molecule has 1 aliphatic rings. The number of hydrogen-bond acceptors (Lipinski definition) is 5. The van der Waals surface area contributed by atoms with E-state index in [1.807, 2.05) is 0 Å². The second-order valence-electron chi connectivity index (χ2n) is 5.01. The van der Waals surface area contributed by atoms with E-state index in [1.54, 1.807) is 0 Å². The Morgan fingerprint density at radius 1 is 1.55 bits per heavy atom. The number of ether oxygens (including phenoxy) is 1. The molecule has 1 fully saturated rings. The maximum atomic E-state index is 12.2. The van der Waals surface area contributed by atoms with Gasteiger partial charge in [-0.3, -0.25) is 20.2 Å². The Bertz CT molecular complexity index is 600. The summed E-state index contributed by atoms with van der Waals surface area (Å²) in [5.41, 5.74) is 0.452. The van der Waals surface area contributed by atoms with E-state index in [-0.39, 0.29) is 22.5 Å². The highest BCUT2D eigenvalue weighted by Gasteiger charge is 2.19. The van der Waals surface area contributed by atoms with Crippen LogP contribution in [0.1, 0.15) is 28.8 Å². The van der Waals surface area contributed by atoms with Crippen LogP contribution >= 0.6 is 12.2 Å². The fourth-order valence-corrected chi connectivity index (χ4v) is 2.47. The number of thiocarbonyl (C=S) groups is 1. The topological polar surface area (TPSA) is 93.5 Å². The summed E-state index contributed by atoms with van der Waals surface area (Å²) in [6.45, 7) is 2.82. The Balaban J connectivity index is 1.95. The molecular weight excluding hydrogens is 306 g/mol. The van der Waals surface area contributed by atoms with E-state index in [0.29, 0.717) is 12.1 Å². The Labute approximate surface area is 133 Å². The Morgan fingerprint density at radius 3 is 2.95 bits per heavy atom. The van der Waals surface area contributed by atoms with Crippen LogP contribution in [0.15, 0.2) is 18.2 Å². The third kappa shape index (κ3) is 3.99. The van der Waals surface area contributed by atoms with Crippen molar-refractivity contribution in [3.05, 3.63) is 39.4 Å². The van der Waals surface area contributed by atoms with Crippen molar-refractivity contribution >= 4 is 28.9 Å². The lowest BCUT2D eigenvalue weighted by Gasteiger charge is -2.13. The van der Waals surface area contributed by atoms with Crippen molar-refractivity contribution in [2.24, 2.45) is 0 Å². The standard InChI is InChI=1S/C14H17N3O4S/c1-9-11(5-2-6-12(9)17(19)20)13(18)16-14(22)15-8-10-4-3-7-21-10/h2,5-6,10H,3-4,7-8H2,1H3,(H2,15,16,18,22). The molecular formula is C14H17N3O4S. The Kier molecular flexibility index (Phi) is 5.40. The fourth-order valence-electron chi connectivity index (χ4n) is 2.29. The van der Waals surface area contributed by atoms with Gasteiger partial charge in [-0.25, -0.2) is 0 Å². The lowest BCUT2D eigenvalue weighted by molar-refractivity contribution is -0.385.